The van der Waals surface area contributed by atoms with E-state index >= 15 is 0 Å². The highest BCUT2D eigenvalue weighted by Crippen LogP contribution is 2.30. The fourth-order valence-corrected chi connectivity index (χ4v) is 6.79. The lowest BCUT2D eigenvalue weighted by molar-refractivity contribution is -0.323. The molecule has 0 amide bonds. The zero-order chi connectivity index (χ0) is 38.2. The summed E-state index contributed by atoms with van der Waals surface area (Å²) in [5, 5.41) is 12.0. The van der Waals surface area contributed by atoms with E-state index in [1.165, 1.54) is 0 Å². The van der Waals surface area contributed by atoms with Crippen molar-refractivity contribution in [1.82, 2.24) is 0 Å². The minimum Gasteiger partial charge on any atom is -0.493 e. The highest BCUT2D eigenvalue weighted by atomic mass is 16.7. The molecule has 7 rings (SSSR count). The van der Waals surface area contributed by atoms with Gasteiger partial charge in [0.1, 0.15) is 36.6 Å². The van der Waals surface area contributed by atoms with E-state index in [2.05, 4.69) is 0 Å². The van der Waals surface area contributed by atoms with Gasteiger partial charge in [0.2, 0.25) is 0 Å². The van der Waals surface area contributed by atoms with Gasteiger partial charge in [-0.1, -0.05) is 152 Å². The third-order valence-corrected chi connectivity index (χ3v) is 9.79. The average molecular weight is 759 g/mol. The Morgan fingerprint density at radius 3 is 1.36 bits per heavy atom. The van der Waals surface area contributed by atoms with Crippen molar-refractivity contribution < 1.29 is 43.0 Å². The van der Waals surface area contributed by atoms with Crippen LogP contribution in [0.15, 0.2) is 164 Å². The van der Waals surface area contributed by atoms with Crippen LogP contribution in [0.25, 0.3) is 0 Å². The Kier molecular flexibility index (Phi) is 14.8. The lowest BCUT2D eigenvalue weighted by atomic mass is 9.98. The second kappa shape index (κ2) is 21.0. The summed E-state index contributed by atoms with van der Waals surface area (Å²) in [7, 11) is 0. The molecule has 0 unspecified atom stereocenters. The standard InChI is InChI=1S/C47H50O9/c48-43-46(54-32-39-24-14-5-15-25-39)45(53-31-38-22-12-4-13-23-38)42(33-49-28-35-16-6-1-7-17-35)56-47(43)55-34-41-44(52-30-37-20-10-3-11-21-37)40(26-27-50-41)51-29-36-18-8-2-9-19-36/h1-27,40-48H,28-34H2/t40-,41-,42-,43+,44+,45-,46-,47+/m1/s1. The van der Waals surface area contributed by atoms with E-state index in [9.17, 15) is 5.11 Å². The van der Waals surface area contributed by atoms with Crippen LogP contribution < -0.4 is 0 Å². The molecule has 56 heavy (non-hydrogen) atoms. The van der Waals surface area contributed by atoms with Crippen molar-refractivity contribution in [2.24, 2.45) is 0 Å². The van der Waals surface area contributed by atoms with E-state index in [-0.39, 0.29) is 19.8 Å². The highest BCUT2D eigenvalue weighted by Gasteiger charge is 2.48. The first-order valence-corrected chi connectivity index (χ1v) is 19.2. The Morgan fingerprint density at radius 2 is 0.857 bits per heavy atom. The van der Waals surface area contributed by atoms with Gasteiger partial charge >= 0.3 is 0 Å². The highest BCUT2D eigenvalue weighted by molar-refractivity contribution is 5.17. The van der Waals surface area contributed by atoms with Gasteiger partial charge in [-0.15, -0.1) is 0 Å². The topological polar surface area (TPSA) is 94.1 Å². The smallest absolute Gasteiger partial charge is 0.186 e. The van der Waals surface area contributed by atoms with E-state index in [4.69, 9.17) is 37.9 Å². The number of benzene rings is 5. The van der Waals surface area contributed by atoms with Crippen LogP contribution in [0.3, 0.4) is 0 Å². The van der Waals surface area contributed by atoms with Crippen LogP contribution in [-0.4, -0.2) is 67.3 Å². The third kappa shape index (κ3) is 11.4. The molecular weight excluding hydrogens is 709 g/mol. The van der Waals surface area contributed by atoms with E-state index in [1.54, 1.807) is 6.26 Å². The first kappa shape index (κ1) is 39.6. The zero-order valence-corrected chi connectivity index (χ0v) is 31.4. The van der Waals surface area contributed by atoms with Crippen LogP contribution in [-0.2, 0) is 70.9 Å². The van der Waals surface area contributed by atoms with Gasteiger partial charge in [0.05, 0.1) is 52.5 Å². The molecule has 8 atom stereocenters. The van der Waals surface area contributed by atoms with Gasteiger partial charge in [-0.2, -0.15) is 0 Å². The lowest BCUT2D eigenvalue weighted by Crippen LogP contribution is -2.61. The van der Waals surface area contributed by atoms with Gasteiger partial charge in [-0.05, 0) is 33.9 Å². The van der Waals surface area contributed by atoms with Gasteiger partial charge in [0, 0.05) is 0 Å². The fraction of sp³-hybridized carbons (Fsp3) is 0.319. The summed E-state index contributed by atoms with van der Waals surface area (Å²) >= 11 is 0. The predicted octanol–water partition coefficient (Wildman–Crippen LogP) is 7.56. The van der Waals surface area contributed by atoms with Crippen molar-refractivity contribution in [2.75, 3.05) is 13.2 Å². The molecule has 1 fully saturated rings. The minimum atomic E-state index is -1.21. The average Bonchev–Trinajstić information content (AvgIpc) is 3.26. The Morgan fingerprint density at radius 1 is 0.429 bits per heavy atom. The molecule has 0 aliphatic carbocycles. The summed E-state index contributed by atoms with van der Waals surface area (Å²) in [5.74, 6) is 0. The molecule has 0 radical (unpaired) electrons. The Balaban J connectivity index is 1.09. The van der Waals surface area contributed by atoms with Crippen LogP contribution >= 0.6 is 0 Å². The summed E-state index contributed by atoms with van der Waals surface area (Å²) in [6.45, 7) is 1.88. The SMILES string of the molecule is O[C@@H]1[C@@H](OC[C@H]2OC=C[C@@H](OCc3ccccc3)[C@@H]2OCc2ccccc2)O[C@H](COCc2ccccc2)[C@@H](OCc2ccccc2)[C@@H]1OCc1ccccc1. The predicted molar refractivity (Wildman–Crippen MR) is 211 cm³/mol. The normalized spacial score (nSPS) is 24.7. The third-order valence-electron chi connectivity index (χ3n) is 9.79. The number of aliphatic hydroxyl groups is 1. The molecule has 5 aromatic carbocycles. The number of aliphatic hydroxyl groups excluding tert-OH is 1. The largest absolute Gasteiger partial charge is 0.493 e. The van der Waals surface area contributed by atoms with Crippen molar-refractivity contribution in [3.05, 3.63) is 192 Å². The molecule has 0 spiro atoms. The molecule has 9 nitrogen and oxygen atoms in total. The Bertz CT molecular complexity index is 1850. The monoisotopic (exact) mass is 758 g/mol. The summed E-state index contributed by atoms with van der Waals surface area (Å²) in [4.78, 5) is 0. The molecule has 5 aromatic rings. The molecule has 0 saturated carbocycles. The molecule has 0 bridgehead atoms. The summed E-state index contributed by atoms with van der Waals surface area (Å²) in [6.07, 6.45) is -2.48. The second-order valence-electron chi connectivity index (χ2n) is 13.9. The Hall–Kier alpha value is -4.68. The minimum absolute atomic E-state index is 0.0370. The number of ether oxygens (including phenoxy) is 8. The van der Waals surface area contributed by atoms with Gasteiger partial charge in [-0.25, -0.2) is 0 Å². The second-order valence-corrected chi connectivity index (χ2v) is 13.9. The Labute approximate surface area is 329 Å². The van der Waals surface area contributed by atoms with Crippen LogP contribution in [0, 0.1) is 0 Å². The first-order valence-electron chi connectivity index (χ1n) is 19.2. The molecule has 1 N–H and O–H groups in total. The molecule has 0 aromatic heterocycles. The van der Waals surface area contributed by atoms with E-state index in [1.807, 2.05) is 158 Å². The quantitative estimate of drug-likeness (QED) is 0.0916. The van der Waals surface area contributed by atoms with E-state index < -0.39 is 49.0 Å². The van der Waals surface area contributed by atoms with Gasteiger partial charge in [0.15, 0.2) is 12.4 Å². The van der Waals surface area contributed by atoms with Gasteiger partial charge in [0.25, 0.3) is 0 Å². The van der Waals surface area contributed by atoms with Crippen molar-refractivity contribution in [2.45, 2.75) is 82.1 Å². The molecular formula is C47H50O9. The van der Waals surface area contributed by atoms with Crippen LogP contribution in [0.4, 0.5) is 0 Å². The van der Waals surface area contributed by atoms with Crippen molar-refractivity contribution in [3.63, 3.8) is 0 Å². The summed E-state index contributed by atoms with van der Waals surface area (Å²) in [5.41, 5.74) is 5.05. The molecule has 9 heteroatoms. The molecule has 2 aliphatic heterocycles. The summed E-state index contributed by atoms with van der Waals surface area (Å²) < 4.78 is 51.4. The maximum atomic E-state index is 12.0. The van der Waals surface area contributed by atoms with Gasteiger partial charge < -0.3 is 43.0 Å². The van der Waals surface area contributed by atoms with Crippen LogP contribution in [0.1, 0.15) is 27.8 Å². The number of hydrogen-bond acceptors (Lipinski definition) is 9. The maximum absolute atomic E-state index is 12.0. The van der Waals surface area contributed by atoms with Crippen molar-refractivity contribution >= 4 is 0 Å². The number of hydrogen-bond donors (Lipinski definition) is 1. The fourth-order valence-electron chi connectivity index (χ4n) is 6.79. The maximum Gasteiger partial charge on any atom is 0.186 e. The molecule has 1 saturated heterocycles. The summed E-state index contributed by atoms with van der Waals surface area (Å²) in [6, 6.07) is 49.7. The first-order chi connectivity index (χ1) is 27.7. The van der Waals surface area contributed by atoms with Crippen molar-refractivity contribution in [1.29, 1.82) is 0 Å². The van der Waals surface area contributed by atoms with Crippen LogP contribution in [0.2, 0.25) is 0 Å². The zero-order valence-electron chi connectivity index (χ0n) is 31.4. The lowest BCUT2D eigenvalue weighted by Gasteiger charge is -2.44. The van der Waals surface area contributed by atoms with Gasteiger partial charge in [-0.3, -0.25) is 0 Å². The van der Waals surface area contributed by atoms with E-state index in [0.717, 1.165) is 27.8 Å². The molecule has 2 aliphatic rings. The van der Waals surface area contributed by atoms with Crippen LogP contribution in [0.5, 0.6) is 0 Å². The number of rotatable bonds is 19. The molecule has 2 heterocycles. The molecule has 292 valence electrons. The van der Waals surface area contributed by atoms with E-state index in [0.29, 0.717) is 26.4 Å². The van der Waals surface area contributed by atoms with Crippen molar-refractivity contribution in [3.8, 4) is 0 Å².